The van der Waals surface area contributed by atoms with Gasteiger partial charge >= 0.3 is 5.97 Å². The van der Waals surface area contributed by atoms with Crippen molar-refractivity contribution in [2.45, 2.75) is 0 Å². The fraction of sp³-hybridized carbons (Fsp3) is 0.0714. The Labute approximate surface area is 104 Å². The van der Waals surface area contributed by atoms with E-state index in [0.29, 0.717) is 5.56 Å². The van der Waals surface area contributed by atoms with E-state index in [1.165, 1.54) is 13.2 Å². The topological polar surface area (TPSA) is 55.8 Å². The number of methoxy groups -OCH3 is 1. The highest BCUT2D eigenvalue weighted by molar-refractivity contribution is 5.91. The van der Waals surface area contributed by atoms with Gasteiger partial charge in [0.15, 0.2) is 11.5 Å². The van der Waals surface area contributed by atoms with Gasteiger partial charge in [-0.1, -0.05) is 24.3 Å². The van der Waals surface area contributed by atoms with Crippen LogP contribution in [0.1, 0.15) is 10.4 Å². The summed E-state index contributed by atoms with van der Waals surface area (Å²) >= 11 is 0. The molecule has 0 saturated carbocycles. The first-order chi connectivity index (χ1) is 8.72. The second-order valence-electron chi connectivity index (χ2n) is 3.56. The number of carbonyl (C=O) groups excluding carboxylic acids is 1. The summed E-state index contributed by atoms with van der Waals surface area (Å²) in [4.78, 5) is 11.8. The molecule has 0 bridgehead atoms. The number of aromatic hydroxyl groups is 1. The summed E-state index contributed by atoms with van der Waals surface area (Å²) < 4.78 is 10.0. The number of esters is 1. The maximum Gasteiger partial charge on any atom is 0.343 e. The molecule has 0 aliphatic carbocycles. The Morgan fingerprint density at radius 2 is 1.67 bits per heavy atom. The zero-order valence-electron chi connectivity index (χ0n) is 9.79. The van der Waals surface area contributed by atoms with E-state index in [2.05, 4.69) is 0 Å². The number of hydrogen-bond acceptors (Lipinski definition) is 4. The number of para-hydroxylation sites is 1. The van der Waals surface area contributed by atoms with Crippen molar-refractivity contribution in [3.63, 3.8) is 0 Å². The fourth-order valence-corrected chi connectivity index (χ4v) is 1.48. The molecular formula is C14H12O4. The predicted molar refractivity (Wildman–Crippen MR) is 66.1 cm³/mol. The lowest BCUT2D eigenvalue weighted by Gasteiger charge is -2.08. The summed E-state index contributed by atoms with van der Waals surface area (Å²) in [5.41, 5.74) is 0.416. The minimum Gasteiger partial charge on any atom is -0.502 e. The van der Waals surface area contributed by atoms with Crippen LogP contribution < -0.4 is 9.47 Å². The average Bonchev–Trinajstić information content (AvgIpc) is 2.42. The number of phenolic OH excluding ortho intramolecular Hbond substituents is 1. The summed E-state index contributed by atoms with van der Waals surface area (Å²) in [6.07, 6.45) is 0. The fourth-order valence-electron chi connectivity index (χ4n) is 1.48. The molecule has 1 N–H and O–H groups in total. The van der Waals surface area contributed by atoms with E-state index in [-0.39, 0.29) is 17.2 Å². The smallest absolute Gasteiger partial charge is 0.343 e. The minimum atomic E-state index is -0.529. The number of hydrogen-bond donors (Lipinski definition) is 1. The molecule has 0 atom stereocenters. The van der Waals surface area contributed by atoms with Crippen molar-refractivity contribution >= 4 is 5.97 Å². The van der Waals surface area contributed by atoms with Gasteiger partial charge in [0.1, 0.15) is 0 Å². The molecule has 2 rings (SSSR count). The first-order valence-electron chi connectivity index (χ1n) is 5.35. The van der Waals surface area contributed by atoms with Gasteiger partial charge in [-0.2, -0.15) is 0 Å². The molecule has 0 radical (unpaired) electrons. The summed E-state index contributed by atoms with van der Waals surface area (Å²) in [5.74, 6) is -0.389. The molecule has 0 saturated heterocycles. The highest BCUT2D eigenvalue weighted by atomic mass is 16.5. The molecule has 4 heteroatoms. The van der Waals surface area contributed by atoms with E-state index < -0.39 is 5.97 Å². The molecule has 2 aromatic rings. The normalized spacial score (nSPS) is 9.83. The molecule has 18 heavy (non-hydrogen) atoms. The van der Waals surface area contributed by atoms with Crippen LogP contribution in [0.4, 0.5) is 0 Å². The molecule has 4 nitrogen and oxygen atoms in total. The molecule has 0 aliphatic rings. The van der Waals surface area contributed by atoms with Crippen LogP contribution in [0.2, 0.25) is 0 Å². The van der Waals surface area contributed by atoms with Crippen LogP contribution in [0.5, 0.6) is 17.2 Å². The Kier molecular flexibility index (Phi) is 3.48. The van der Waals surface area contributed by atoms with Crippen LogP contribution in [0.15, 0.2) is 48.5 Å². The monoisotopic (exact) mass is 244 g/mol. The maximum atomic E-state index is 11.8. The van der Waals surface area contributed by atoms with Gasteiger partial charge in [0.05, 0.1) is 12.7 Å². The van der Waals surface area contributed by atoms with Gasteiger partial charge in [0, 0.05) is 0 Å². The number of ether oxygens (including phenoxy) is 2. The Balaban J connectivity index is 2.22. The van der Waals surface area contributed by atoms with Gasteiger partial charge < -0.3 is 14.6 Å². The summed E-state index contributed by atoms with van der Waals surface area (Å²) in [7, 11) is 1.43. The van der Waals surface area contributed by atoms with Gasteiger partial charge in [-0.3, -0.25) is 0 Å². The summed E-state index contributed by atoms with van der Waals surface area (Å²) in [5, 5.41) is 9.78. The van der Waals surface area contributed by atoms with Gasteiger partial charge in [0.2, 0.25) is 5.75 Å². The van der Waals surface area contributed by atoms with Crippen molar-refractivity contribution in [3.05, 3.63) is 54.1 Å². The Hall–Kier alpha value is -2.49. The van der Waals surface area contributed by atoms with E-state index in [9.17, 15) is 9.90 Å². The maximum absolute atomic E-state index is 11.8. The zero-order valence-corrected chi connectivity index (χ0v) is 9.79. The highest BCUT2D eigenvalue weighted by Gasteiger charge is 2.13. The van der Waals surface area contributed by atoms with Gasteiger partial charge in [0.25, 0.3) is 0 Å². The average molecular weight is 244 g/mol. The largest absolute Gasteiger partial charge is 0.502 e. The molecule has 0 unspecified atom stereocenters. The van der Waals surface area contributed by atoms with Crippen LogP contribution in [-0.2, 0) is 0 Å². The SMILES string of the molecule is COc1cccc(OC(=O)c2ccccc2)c1O. The molecule has 0 heterocycles. The van der Waals surface area contributed by atoms with Gasteiger partial charge in [-0.15, -0.1) is 0 Å². The third-order valence-electron chi connectivity index (χ3n) is 2.39. The molecule has 0 amide bonds. The quantitative estimate of drug-likeness (QED) is 0.666. The number of rotatable bonds is 3. The molecule has 0 spiro atoms. The molecule has 92 valence electrons. The lowest BCUT2D eigenvalue weighted by atomic mass is 10.2. The Morgan fingerprint density at radius 1 is 1.00 bits per heavy atom. The van der Waals surface area contributed by atoms with E-state index in [1.807, 2.05) is 0 Å². The van der Waals surface area contributed by atoms with Crippen molar-refractivity contribution in [2.24, 2.45) is 0 Å². The van der Waals surface area contributed by atoms with Crippen molar-refractivity contribution in [3.8, 4) is 17.2 Å². The third kappa shape index (κ3) is 2.43. The molecule has 2 aromatic carbocycles. The lowest BCUT2D eigenvalue weighted by Crippen LogP contribution is -2.08. The first-order valence-corrected chi connectivity index (χ1v) is 5.35. The summed E-state index contributed by atoms with van der Waals surface area (Å²) in [6.45, 7) is 0. The van der Waals surface area contributed by atoms with Gasteiger partial charge in [-0.25, -0.2) is 4.79 Å². The van der Waals surface area contributed by atoms with E-state index in [1.54, 1.807) is 42.5 Å². The van der Waals surface area contributed by atoms with Crippen molar-refractivity contribution in [1.82, 2.24) is 0 Å². The lowest BCUT2D eigenvalue weighted by molar-refractivity contribution is 0.0729. The Morgan fingerprint density at radius 3 is 2.33 bits per heavy atom. The van der Waals surface area contributed by atoms with Crippen molar-refractivity contribution in [2.75, 3.05) is 7.11 Å². The van der Waals surface area contributed by atoms with Gasteiger partial charge in [-0.05, 0) is 24.3 Å². The predicted octanol–water partition coefficient (Wildman–Crippen LogP) is 2.62. The number of carbonyl (C=O) groups is 1. The van der Waals surface area contributed by atoms with Crippen LogP contribution in [0, 0.1) is 0 Å². The third-order valence-corrected chi connectivity index (χ3v) is 2.39. The standard InChI is InChI=1S/C14H12O4/c1-17-11-8-5-9-12(13(11)15)18-14(16)10-6-3-2-4-7-10/h2-9,15H,1H3. The second kappa shape index (κ2) is 5.23. The number of benzene rings is 2. The minimum absolute atomic E-state index is 0.0724. The van der Waals surface area contributed by atoms with Crippen LogP contribution in [-0.4, -0.2) is 18.2 Å². The Bertz CT molecular complexity index is 549. The first kappa shape index (κ1) is 12.0. The molecule has 0 aromatic heterocycles. The van der Waals surface area contributed by atoms with Crippen LogP contribution in [0.25, 0.3) is 0 Å². The van der Waals surface area contributed by atoms with Crippen molar-refractivity contribution in [1.29, 1.82) is 0 Å². The van der Waals surface area contributed by atoms with Crippen LogP contribution >= 0.6 is 0 Å². The molecule has 0 aliphatic heterocycles. The number of phenols is 1. The van der Waals surface area contributed by atoms with E-state index in [4.69, 9.17) is 9.47 Å². The van der Waals surface area contributed by atoms with Crippen LogP contribution in [0.3, 0.4) is 0 Å². The molecular weight excluding hydrogens is 232 g/mol. The molecule has 0 fully saturated rings. The van der Waals surface area contributed by atoms with E-state index in [0.717, 1.165) is 0 Å². The summed E-state index contributed by atoms with van der Waals surface area (Å²) in [6, 6.07) is 13.3. The highest BCUT2D eigenvalue weighted by Crippen LogP contribution is 2.35. The van der Waals surface area contributed by atoms with Crippen molar-refractivity contribution < 1.29 is 19.4 Å². The zero-order chi connectivity index (χ0) is 13.0. The second-order valence-corrected chi connectivity index (χ2v) is 3.56. The van der Waals surface area contributed by atoms with E-state index >= 15 is 0 Å².